The first kappa shape index (κ1) is 18.6. The van der Waals surface area contributed by atoms with Gasteiger partial charge in [0.05, 0.1) is 11.7 Å². The van der Waals surface area contributed by atoms with E-state index in [-0.39, 0.29) is 23.0 Å². The number of ketones is 1. The number of carbonyl (C=O) groups excluding carboxylic acids is 1. The highest BCUT2D eigenvalue weighted by atomic mass is 16.5. The fourth-order valence-electron chi connectivity index (χ4n) is 2.28. The van der Waals surface area contributed by atoms with Gasteiger partial charge in [0.2, 0.25) is 5.75 Å². The molecule has 134 valence electrons. The molecule has 5 nitrogen and oxygen atoms in total. The van der Waals surface area contributed by atoms with Gasteiger partial charge < -0.3 is 19.7 Å². The minimum Gasteiger partial charge on any atom is -0.504 e. The molecular formula is C20H24O5. The second-order valence-electron chi connectivity index (χ2n) is 7.04. The normalized spacial score (nSPS) is 11.4. The third-order valence-electron chi connectivity index (χ3n) is 3.26. The lowest BCUT2D eigenvalue weighted by atomic mass is 10.0. The van der Waals surface area contributed by atoms with Crippen molar-refractivity contribution in [2.75, 3.05) is 0 Å². The van der Waals surface area contributed by atoms with Crippen LogP contribution in [0.25, 0.3) is 0 Å². The van der Waals surface area contributed by atoms with Gasteiger partial charge in [0.25, 0.3) is 0 Å². The number of carbonyl (C=O) groups is 1. The number of rotatable bonds is 5. The predicted octanol–water partition coefficient (Wildman–Crippen LogP) is 4.29. The Hall–Kier alpha value is -2.69. The lowest BCUT2D eigenvalue weighted by Crippen LogP contribution is -2.22. The zero-order valence-electron chi connectivity index (χ0n) is 15.2. The van der Waals surface area contributed by atoms with Crippen LogP contribution in [-0.2, 0) is 0 Å². The van der Waals surface area contributed by atoms with Crippen LogP contribution in [0.4, 0.5) is 0 Å². The van der Waals surface area contributed by atoms with Crippen LogP contribution in [0.1, 0.15) is 50.5 Å². The molecule has 0 fully saturated rings. The number of ether oxygens (including phenoxy) is 2. The van der Waals surface area contributed by atoms with E-state index in [0.717, 1.165) is 0 Å². The van der Waals surface area contributed by atoms with Crippen molar-refractivity contribution in [1.82, 2.24) is 0 Å². The summed E-state index contributed by atoms with van der Waals surface area (Å²) in [5.41, 5.74) is 0.0635. The van der Waals surface area contributed by atoms with Gasteiger partial charge in [-0.2, -0.15) is 0 Å². The Morgan fingerprint density at radius 2 is 1.56 bits per heavy atom. The van der Waals surface area contributed by atoms with E-state index in [0.29, 0.717) is 11.3 Å². The summed E-state index contributed by atoms with van der Waals surface area (Å²) in [5.74, 6) is -0.536. The van der Waals surface area contributed by atoms with Crippen molar-refractivity contribution in [1.29, 1.82) is 0 Å². The number of hydrogen-bond acceptors (Lipinski definition) is 5. The van der Waals surface area contributed by atoms with E-state index in [1.165, 1.54) is 12.1 Å². The van der Waals surface area contributed by atoms with Gasteiger partial charge >= 0.3 is 0 Å². The molecule has 2 rings (SSSR count). The second kappa shape index (κ2) is 7.05. The van der Waals surface area contributed by atoms with Crippen molar-refractivity contribution >= 4 is 5.78 Å². The van der Waals surface area contributed by atoms with Gasteiger partial charge in [-0.25, -0.2) is 0 Å². The fourth-order valence-corrected chi connectivity index (χ4v) is 2.28. The summed E-state index contributed by atoms with van der Waals surface area (Å²) < 4.78 is 11.1. The molecule has 2 aromatic rings. The van der Waals surface area contributed by atoms with E-state index in [1.807, 2.05) is 20.8 Å². The minimum atomic E-state index is -0.488. The molecule has 0 spiro atoms. The number of benzene rings is 2. The van der Waals surface area contributed by atoms with Crippen LogP contribution in [0.15, 0.2) is 36.4 Å². The first-order valence-corrected chi connectivity index (χ1v) is 8.14. The van der Waals surface area contributed by atoms with Crippen molar-refractivity contribution in [3.8, 4) is 23.0 Å². The molecule has 0 bridgehead atoms. The molecule has 2 N–H and O–H groups in total. The van der Waals surface area contributed by atoms with E-state index in [2.05, 4.69) is 0 Å². The molecule has 2 aromatic carbocycles. The highest BCUT2D eigenvalue weighted by molar-refractivity contribution is 6.11. The number of aromatic hydroxyl groups is 2. The molecule has 0 radical (unpaired) electrons. The van der Waals surface area contributed by atoms with E-state index in [1.54, 1.807) is 38.1 Å². The van der Waals surface area contributed by atoms with Crippen LogP contribution in [0.2, 0.25) is 0 Å². The van der Waals surface area contributed by atoms with Gasteiger partial charge in [-0.05, 0) is 71.0 Å². The predicted molar refractivity (Wildman–Crippen MR) is 95.8 cm³/mol. The Bertz CT molecular complexity index is 755. The standard InChI is InChI=1S/C20H24O5/c1-12(2)24-16-11-10-15(18(22)19(16)23)17(21)13-6-8-14(9-7-13)25-20(3,4)5/h6-12,22-23H,1-5H3. The van der Waals surface area contributed by atoms with Crippen LogP contribution in [0.3, 0.4) is 0 Å². The molecule has 0 aliphatic heterocycles. The highest BCUT2D eigenvalue weighted by Crippen LogP contribution is 2.39. The van der Waals surface area contributed by atoms with Crippen molar-refractivity contribution in [3.63, 3.8) is 0 Å². The van der Waals surface area contributed by atoms with Crippen LogP contribution < -0.4 is 9.47 Å². The van der Waals surface area contributed by atoms with Crippen molar-refractivity contribution in [2.45, 2.75) is 46.3 Å². The third kappa shape index (κ3) is 4.66. The average molecular weight is 344 g/mol. The van der Waals surface area contributed by atoms with Gasteiger partial charge in [-0.3, -0.25) is 4.79 Å². The monoisotopic (exact) mass is 344 g/mol. The minimum absolute atomic E-state index is 0.0121. The summed E-state index contributed by atoms with van der Waals surface area (Å²) in [6.07, 6.45) is -0.165. The van der Waals surface area contributed by atoms with E-state index < -0.39 is 17.3 Å². The van der Waals surface area contributed by atoms with Crippen LogP contribution in [0, 0.1) is 0 Å². The second-order valence-corrected chi connectivity index (χ2v) is 7.04. The van der Waals surface area contributed by atoms with E-state index in [4.69, 9.17) is 9.47 Å². The number of phenolic OH excluding ortho intramolecular Hbond substituents is 2. The largest absolute Gasteiger partial charge is 0.504 e. The Balaban J connectivity index is 2.27. The summed E-state index contributed by atoms with van der Waals surface area (Å²) >= 11 is 0. The Morgan fingerprint density at radius 3 is 2.08 bits per heavy atom. The molecule has 5 heteroatoms. The van der Waals surface area contributed by atoms with Gasteiger partial charge in [-0.1, -0.05) is 0 Å². The van der Waals surface area contributed by atoms with Gasteiger partial charge in [-0.15, -0.1) is 0 Å². The molecule has 0 saturated heterocycles. The maximum atomic E-state index is 12.6. The van der Waals surface area contributed by atoms with Crippen LogP contribution >= 0.6 is 0 Å². The molecule has 0 atom stereocenters. The van der Waals surface area contributed by atoms with Gasteiger partial charge in [0.1, 0.15) is 11.4 Å². The fraction of sp³-hybridized carbons (Fsp3) is 0.350. The molecule has 25 heavy (non-hydrogen) atoms. The molecule has 0 unspecified atom stereocenters. The highest BCUT2D eigenvalue weighted by Gasteiger charge is 2.20. The SMILES string of the molecule is CC(C)Oc1ccc(C(=O)c2ccc(OC(C)(C)C)cc2)c(O)c1O. The van der Waals surface area contributed by atoms with Gasteiger partial charge in [0.15, 0.2) is 17.3 Å². The zero-order chi connectivity index (χ0) is 18.8. The summed E-state index contributed by atoms with van der Waals surface area (Å²) in [7, 11) is 0. The number of phenols is 2. The first-order valence-electron chi connectivity index (χ1n) is 8.14. The lowest BCUT2D eigenvalue weighted by molar-refractivity contribution is 0.103. The topological polar surface area (TPSA) is 76.0 Å². The lowest BCUT2D eigenvalue weighted by Gasteiger charge is -2.21. The average Bonchev–Trinajstić information content (AvgIpc) is 2.50. The zero-order valence-corrected chi connectivity index (χ0v) is 15.2. The van der Waals surface area contributed by atoms with Gasteiger partial charge in [0, 0.05) is 5.56 Å². The van der Waals surface area contributed by atoms with Crippen molar-refractivity contribution < 1.29 is 24.5 Å². The summed E-state index contributed by atoms with van der Waals surface area (Å²) in [6.45, 7) is 9.42. The third-order valence-corrected chi connectivity index (χ3v) is 3.26. The Morgan fingerprint density at radius 1 is 0.960 bits per heavy atom. The molecular weight excluding hydrogens is 320 g/mol. The van der Waals surface area contributed by atoms with E-state index in [9.17, 15) is 15.0 Å². The molecule has 0 aliphatic carbocycles. The van der Waals surface area contributed by atoms with Crippen LogP contribution in [-0.4, -0.2) is 27.7 Å². The van der Waals surface area contributed by atoms with Crippen molar-refractivity contribution in [2.24, 2.45) is 0 Å². The number of hydrogen-bond donors (Lipinski definition) is 2. The quantitative estimate of drug-likeness (QED) is 0.625. The first-order chi connectivity index (χ1) is 11.6. The molecule has 0 saturated carbocycles. The molecule has 0 aromatic heterocycles. The molecule has 0 amide bonds. The summed E-state index contributed by atoms with van der Waals surface area (Å²) in [5, 5.41) is 20.2. The van der Waals surface area contributed by atoms with Crippen molar-refractivity contribution in [3.05, 3.63) is 47.5 Å². The smallest absolute Gasteiger partial charge is 0.201 e. The summed E-state index contributed by atoms with van der Waals surface area (Å²) in [6, 6.07) is 9.56. The Kier molecular flexibility index (Phi) is 5.26. The maximum Gasteiger partial charge on any atom is 0.201 e. The Labute approximate surface area is 147 Å². The molecule has 0 aliphatic rings. The van der Waals surface area contributed by atoms with Crippen LogP contribution in [0.5, 0.6) is 23.0 Å². The van der Waals surface area contributed by atoms with E-state index >= 15 is 0 Å². The summed E-state index contributed by atoms with van der Waals surface area (Å²) in [4.78, 5) is 12.6. The maximum absolute atomic E-state index is 12.6. The molecule has 0 heterocycles.